The van der Waals surface area contributed by atoms with E-state index >= 15 is 0 Å². The summed E-state index contributed by atoms with van der Waals surface area (Å²) in [6.45, 7) is 2.92. The first-order valence-electron chi connectivity index (χ1n) is 8.72. The Labute approximate surface area is 157 Å². The zero-order valence-electron chi connectivity index (χ0n) is 15.2. The van der Waals surface area contributed by atoms with Crippen LogP contribution in [0.2, 0.25) is 0 Å². The van der Waals surface area contributed by atoms with Crippen molar-refractivity contribution in [2.75, 3.05) is 13.2 Å². The van der Waals surface area contributed by atoms with Crippen LogP contribution in [-0.2, 0) is 0 Å². The standard InChI is InChI=1S/C18H18FN5O4/c1-9(6-25)17-21-16(22-28-17)14-15-18(27)24(10(2)7-26)13-5-11(19)3-4-12(13)23(15)8-20-14/h3-5,8-10,25-26H,6-7H2,1-2H3. The fourth-order valence-electron chi connectivity index (χ4n) is 3.14. The third kappa shape index (κ3) is 2.69. The molecule has 9 nitrogen and oxygen atoms in total. The lowest BCUT2D eigenvalue weighted by molar-refractivity contribution is 0.239. The normalized spacial score (nSPS) is 14.0. The fraction of sp³-hybridized carbons (Fsp3) is 0.333. The lowest BCUT2D eigenvalue weighted by atomic mass is 10.2. The Morgan fingerprint density at radius 1 is 1.21 bits per heavy atom. The van der Waals surface area contributed by atoms with E-state index in [4.69, 9.17) is 4.52 Å². The van der Waals surface area contributed by atoms with Gasteiger partial charge in [-0.1, -0.05) is 12.1 Å². The van der Waals surface area contributed by atoms with E-state index in [0.717, 1.165) is 0 Å². The van der Waals surface area contributed by atoms with Crippen molar-refractivity contribution in [3.8, 4) is 11.5 Å². The Hall–Kier alpha value is -3.11. The predicted octanol–water partition coefficient (Wildman–Crippen LogP) is 1.49. The minimum Gasteiger partial charge on any atom is -0.396 e. The number of aliphatic hydroxyl groups excluding tert-OH is 2. The number of hydrogen-bond donors (Lipinski definition) is 2. The second-order valence-corrected chi connectivity index (χ2v) is 6.69. The van der Waals surface area contributed by atoms with Crippen molar-refractivity contribution >= 4 is 16.6 Å². The van der Waals surface area contributed by atoms with Gasteiger partial charge in [0.2, 0.25) is 11.7 Å². The summed E-state index contributed by atoms with van der Waals surface area (Å²) >= 11 is 0. The Morgan fingerprint density at radius 2 is 2.00 bits per heavy atom. The molecule has 0 saturated heterocycles. The van der Waals surface area contributed by atoms with Gasteiger partial charge in [-0.2, -0.15) is 4.98 Å². The second-order valence-electron chi connectivity index (χ2n) is 6.69. The Bertz CT molecular complexity index is 1230. The van der Waals surface area contributed by atoms with Crippen molar-refractivity contribution in [2.24, 2.45) is 0 Å². The number of aromatic nitrogens is 5. The Morgan fingerprint density at radius 3 is 2.71 bits per heavy atom. The number of aliphatic hydroxyl groups is 2. The van der Waals surface area contributed by atoms with Crippen molar-refractivity contribution in [3.05, 3.63) is 46.6 Å². The van der Waals surface area contributed by atoms with Crippen LogP contribution in [0.15, 0.2) is 33.8 Å². The first kappa shape index (κ1) is 18.3. The Kier molecular flexibility index (Phi) is 4.44. The summed E-state index contributed by atoms with van der Waals surface area (Å²) in [5, 5.41) is 22.7. The molecule has 0 radical (unpaired) electrons. The maximum atomic E-state index is 13.8. The molecule has 0 amide bonds. The van der Waals surface area contributed by atoms with Gasteiger partial charge in [0, 0.05) is 0 Å². The Balaban J connectivity index is 2.05. The van der Waals surface area contributed by atoms with Crippen LogP contribution in [0, 0.1) is 5.82 Å². The summed E-state index contributed by atoms with van der Waals surface area (Å²) in [4.78, 5) is 21.8. The third-order valence-corrected chi connectivity index (χ3v) is 4.70. The van der Waals surface area contributed by atoms with Crippen LogP contribution in [0.1, 0.15) is 31.7 Å². The minimum absolute atomic E-state index is 0.111. The van der Waals surface area contributed by atoms with E-state index in [2.05, 4.69) is 15.1 Å². The summed E-state index contributed by atoms with van der Waals surface area (Å²) in [7, 11) is 0. The zero-order valence-corrected chi connectivity index (χ0v) is 15.2. The molecule has 3 heterocycles. The number of halogens is 1. The van der Waals surface area contributed by atoms with Crippen LogP contribution in [0.4, 0.5) is 4.39 Å². The molecule has 0 aliphatic carbocycles. The molecule has 0 aliphatic heterocycles. The highest BCUT2D eigenvalue weighted by Crippen LogP contribution is 2.25. The first-order valence-corrected chi connectivity index (χ1v) is 8.72. The molecule has 3 aromatic heterocycles. The summed E-state index contributed by atoms with van der Waals surface area (Å²) < 4.78 is 21.9. The van der Waals surface area contributed by atoms with Gasteiger partial charge >= 0.3 is 0 Å². The number of nitrogens with zero attached hydrogens (tertiary/aromatic N) is 5. The molecule has 0 aliphatic rings. The molecule has 28 heavy (non-hydrogen) atoms. The number of hydrogen-bond acceptors (Lipinski definition) is 7. The molecule has 10 heteroatoms. The average molecular weight is 387 g/mol. The van der Waals surface area contributed by atoms with Gasteiger partial charge in [-0.15, -0.1) is 0 Å². The fourth-order valence-corrected chi connectivity index (χ4v) is 3.14. The largest absolute Gasteiger partial charge is 0.396 e. The molecule has 4 aromatic rings. The molecule has 146 valence electrons. The molecular formula is C18H18FN5O4. The highest BCUT2D eigenvalue weighted by Gasteiger charge is 2.23. The predicted molar refractivity (Wildman–Crippen MR) is 97.5 cm³/mol. The van der Waals surface area contributed by atoms with Gasteiger partial charge in [-0.3, -0.25) is 13.8 Å². The molecule has 4 rings (SSSR count). The van der Waals surface area contributed by atoms with Crippen molar-refractivity contribution in [1.82, 2.24) is 24.1 Å². The highest BCUT2D eigenvalue weighted by molar-refractivity contribution is 5.83. The SMILES string of the molecule is CC(CO)c1nc(-c2ncn3c2c(=O)n(C(C)CO)c2cc(F)ccc23)no1. The van der Waals surface area contributed by atoms with Crippen molar-refractivity contribution < 1.29 is 19.1 Å². The van der Waals surface area contributed by atoms with Gasteiger partial charge in [0.1, 0.15) is 23.4 Å². The maximum absolute atomic E-state index is 13.8. The highest BCUT2D eigenvalue weighted by atomic mass is 19.1. The number of rotatable bonds is 5. The van der Waals surface area contributed by atoms with E-state index in [1.807, 2.05) is 0 Å². The third-order valence-electron chi connectivity index (χ3n) is 4.70. The van der Waals surface area contributed by atoms with E-state index in [-0.39, 0.29) is 42.1 Å². The van der Waals surface area contributed by atoms with Crippen LogP contribution in [0.3, 0.4) is 0 Å². The van der Waals surface area contributed by atoms with Crippen molar-refractivity contribution in [1.29, 1.82) is 0 Å². The molecule has 2 N–H and O–H groups in total. The van der Waals surface area contributed by atoms with Gasteiger partial charge in [0.05, 0.1) is 36.2 Å². The number of imidazole rings is 1. The first-order chi connectivity index (χ1) is 13.5. The lowest BCUT2D eigenvalue weighted by Gasteiger charge is -2.17. The smallest absolute Gasteiger partial charge is 0.278 e. The number of benzene rings is 1. The molecule has 0 bridgehead atoms. The van der Waals surface area contributed by atoms with Crippen LogP contribution < -0.4 is 5.56 Å². The van der Waals surface area contributed by atoms with Gasteiger partial charge in [-0.05, 0) is 25.1 Å². The van der Waals surface area contributed by atoms with Gasteiger partial charge in [0.15, 0.2) is 0 Å². The molecular weight excluding hydrogens is 369 g/mol. The number of fused-ring (bicyclic) bond motifs is 3. The maximum Gasteiger partial charge on any atom is 0.278 e. The topological polar surface area (TPSA) is 119 Å². The molecule has 2 unspecified atom stereocenters. The second kappa shape index (κ2) is 6.80. The van der Waals surface area contributed by atoms with Gasteiger partial charge in [0.25, 0.3) is 5.56 Å². The van der Waals surface area contributed by atoms with E-state index < -0.39 is 17.4 Å². The lowest BCUT2D eigenvalue weighted by Crippen LogP contribution is -2.27. The van der Waals surface area contributed by atoms with Crippen LogP contribution in [0.25, 0.3) is 28.1 Å². The van der Waals surface area contributed by atoms with Crippen molar-refractivity contribution in [2.45, 2.75) is 25.8 Å². The van der Waals surface area contributed by atoms with Crippen LogP contribution in [-0.4, -0.2) is 47.5 Å². The summed E-state index contributed by atoms with van der Waals surface area (Å²) in [6, 6.07) is 3.49. The average Bonchev–Trinajstić information content (AvgIpc) is 3.34. The summed E-state index contributed by atoms with van der Waals surface area (Å²) in [6.07, 6.45) is 1.44. The molecule has 0 spiro atoms. The van der Waals surface area contributed by atoms with E-state index in [0.29, 0.717) is 11.0 Å². The van der Waals surface area contributed by atoms with E-state index in [1.54, 1.807) is 24.3 Å². The van der Waals surface area contributed by atoms with E-state index in [1.165, 1.54) is 23.0 Å². The van der Waals surface area contributed by atoms with Gasteiger partial charge < -0.3 is 14.7 Å². The van der Waals surface area contributed by atoms with Crippen LogP contribution >= 0.6 is 0 Å². The summed E-state index contributed by atoms with van der Waals surface area (Å²) in [5.74, 6) is -0.513. The zero-order chi connectivity index (χ0) is 20.0. The van der Waals surface area contributed by atoms with Gasteiger partial charge in [-0.25, -0.2) is 9.37 Å². The molecule has 1 aromatic carbocycles. The van der Waals surface area contributed by atoms with Crippen molar-refractivity contribution in [3.63, 3.8) is 0 Å². The monoisotopic (exact) mass is 387 g/mol. The quantitative estimate of drug-likeness (QED) is 0.532. The molecule has 2 atom stereocenters. The molecule has 0 fully saturated rings. The minimum atomic E-state index is -0.584. The molecule has 0 saturated carbocycles. The van der Waals surface area contributed by atoms with Crippen LogP contribution in [0.5, 0.6) is 0 Å². The summed E-state index contributed by atoms with van der Waals surface area (Å²) in [5.41, 5.74) is 0.806. The van der Waals surface area contributed by atoms with E-state index in [9.17, 15) is 19.4 Å².